The van der Waals surface area contributed by atoms with Gasteiger partial charge in [0.2, 0.25) is 0 Å². The first-order valence-corrected chi connectivity index (χ1v) is 11.2. The van der Waals surface area contributed by atoms with E-state index in [2.05, 4.69) is 4.74 Å². The number of alkyl halides is 6. The molecule has 1 heterocycles. The molecule has 3 aromatic carbocycles. The van der Waals surface area contributed by atoms with E-state index in [-0.39, 0.29) is 18.8 Å². The van der Waals surface area contributed by atoms with E-state index in [0.29, 0.717) is 29.2 Å². The van der Waals surface area contributed by atoms with Gasteiger partial charge in [0.15, 0.2) is 0 Å². The zero-order valence-electron chi connectivity index (χ0n) is 19.3. The number of ether oxygens (including phenoxy) is 2. The molecular weight excluding hydrogens is 486 g/mol. The summed E-state index contributed by atoms with van der Waals surface area (Å²) in [7, 11) is 1.53. The molecule has 192 valence electrons. The quantitative estimate of drug-likeness (QED) is 0.316. The summed E-state index contributed by atoms with van der Waals surface area (Å²) in [5.74, 6) is 0.291. The lowest BCUT2D eigenvalue weighted by Gasteiger charge is -2.45. The molecular formula is C26H24F6N2O2. The van der Waals surface area contributed by atoms with Crippen LogP contribution in [0.15, 0.2) is 72.8 Å². The molecule has 0 amide bonds. The maximum Gasteiger partial charge on any atom is 0.573 e. The molecule has 1 aliphatic heterocycles. The topological polar surface area (TPSA) is 24.9 Å². The number of benzene rings is 3. The van der Waals surface area contributed by atoms with Gasteiger partial charge in [0, 0.05) is 19.6 Å². The summed E-state index contributed by atoms with van der Waals surface area (Å²) >= 11 is 0. The predicted octanol–water partition coefficient (Wildman–Crippen LogP) is 7.11. The molecule has 0 bridgehead atoms. The Bertz CT molecular complexity index is 1160. The maximum atomic E-state index is 13.2. The van der Waals surface area contributed by atoms with Crippen LogP contribution < -0.4 is 19.3 Å². The van der Waals surface area contributed by atoms with E-state index in [1.807, 2.05) is 17.0 Å². The van der Waals surface area contributed by atoms with Crippen molar-refractivity contribution in [3.05, 3.63) is 83.9 Å². The summed E-state index contributed by atoms with van der Waals surface area (Å²) in [6, 6.07) is 19.5. The van der Waals surface area contributed by atoms with E-state index in [0.717, 1.165) is 5.56 Å². The molecule has 1 aliphatic rings. The van der Waals surface area contributed by atoms with Crippen molar-refractivity contribution in [2.45, 2.75) is 31.5 Å². The minimum atomic E-state index is -4.81. The Morgan fingerprint density at radius 3 is 2.17 bits per heavy atom. The Morgan fingerprint density at radius 1 is 0.833 bits per heavy atom. The molecule has 1 unspecified atom stereocenters. The van der Waals surface area contributed by atoms with Crippen LogP contribution in [-0.4, -0.2) is 32.7 Å². The molecule has 36 heavy (non-hydrogen) atoms. The number of rotatable bonds is 7. The third-order valence-electron chi connectivity index (χ3n) is 5.94. The maximum absolute atomic E-state index is 13.2. The highest BCUT2D eigenvalue weighted by molar-refractivity contribution is 5.74. The molecule has 0 radical (unpaired) electrons. The lowest BCUT2D eigenvalue weighted by Crippen LogP contribution is -2.44. The van der Waals surface area contributed by atoms with Crippen LogP contribution in [0, 0.1) is 0 Å². The molecule has 10 heteroatoms. The van der Waals surface area contributed by atoms with Gasteiger partial charge in [0.25, 0.3) is 0 Å². The highest BCUT2D eigenvalue weighted by Gasteiger charge is 2.35. The van der Waals surface area contributed by atoms with Crippen LogP contribution in [-0.2, 0) is 6.54 Å². The summed E-state index contributed by atoms with van der Waals surface area (Å²) in [4.78, 5) is 3.70. The first kappa shape index (κ1) is 25.5. The Kier molecular flexibility index (Phi) is 7.23. The highest BCUT2D eigenvalue weighted by atomic mass is 19.4. The zero-order valence-corrected chi connectivity index (χ0v) is 19.3. The largest absolute Gasteiger partial charge is 0.573 e. The molecule has 0 saturated heterocycles. The SMILES string of the molecule is COc1ccc(C2CN(Cc3cccc(OC(F)(F)F)c3)c3ccccc3N2CCC(F)(F)F)cc1. The summed E-state index contributed by atoms with van der Waals surface area (Å²) in [6.07, 6.45) is -10.1. The Labute approximate surface area is 204 Å². The monoisotopic (exact) mass is 510 g/mol. The van der Waals surface area contributed by atoms with Gasteiger partial charge in [0.1, 0.15) is 11.5 Å². The lowest BCUT2D eigenvalue weighted by molar-refractivity contribution is -0.274. The second-order valence-electron chi connectivity index (χ2n) is 8.41. The minimum Gasteiger partial charge on any atom is -0.497 e. The predicted molar refractivity (Wildman–Crippen MR) is 124 cm³/mol. The third kappa shape index (κ3) is 6.35. The van der Waals surface area contributed by atoms with Gasteiger partial charge >= 0.3 is 12.5 Å². The van der Waals surface area contributed by atoms with Crippen LogP contribution in [0.3, 0.4) is 0 Å². The number of methoxy groups -OCH3 is 1. The van der Waals surface area contributed by atoms with E-state index in [1.165, 1.54) is 25.3 Å². The normalized spacial score (nSPS) is 16.0. The van der Waals surface area contributed by atoms with Crippen LogP contribution in [0.5, 0.6) is 11.5 Å². The molecule has 0 aromatic heterocycles. The summed E-state index contributed by atoms with van der Waals surface area (Å²) in [5, 5.41) is 0. The standard InChI is InChI=1S/C26H24F6N2O2/c1-35-20-11-9-19(10-12-20)24-17-33(16-18-5-4-6-21(15-18)36-26(30,31)32)22-7-2-3-8-23(22)34(24)14-13-25(27,28)29/h2-12,15,24H,13-14,16-17H2,1H3. The van der Waals surface area contributed by atoms with Gasteiger partial charge in [-0.05, 0) is 47.5 Å². The smallest absolute Gasteiger partial charge is 0.497 e. The fourth-order valence-electron chi connectivity index (χ4n) is 4.39. The molecule has 4 nitrogen and oxygen atoms in total. The summed E-state index contributed by atoms with van der Waals surface area (Å²) < 4.78 is 86.9. The molecule has 0 saturated carbocycles. The van der Waals surface area contributed by atoms with Crippen molar-refractivity contribution in [3.8, 4) is 11.5 Å². The van der Waals surface area contributed by atoms with E-state index in [1.54, 1.807) is 47.4 Å². The number of hydrogen-bond acceptors (Lipinski definition) is 4. The van der Waals surface area contributed by atoms with Crippen LogP contribution >= 0.6 is 0 Å². The lowest BCUT2D eigenvalue weighted by atomic mass is 9.98. The van der Waals surface area contributed by atoms with E-state index < -0.39 is 25.0 Å². The molecule has 0 N–H and O–H groups in total. The fraction of sp³-hybridized carbons (Fsp3) is 0.308. The van der Waals surface area contributed by atoms with Gasteiger partial charge in [-0.25, -0.2) is 0 Å². The van der Waals surface area contributed by atoms with Gasteiger partial charge < -0.3 is 19.3 Å². The van der Waals surface area contributed by atoms with Crippen molar-refractivity contribution in [1.82, 2.24) is 0 Å². The molecule has 0 spiro atoms. The first-order chi connectivity index (χ1) is 17.0. The van der Waals surface area contributed by atoms with Gasteiger partial charge in [-0.2, -0.15) is 13.2 Å². The Morgan fingerprint density at radius 2 is 1.53 bits per heavy atom. The number of halogens is 6. The van der Waals surface area contributed by atoms with E-state index in [4.69, 9.17) is 4.74 Å². The fourth-order valence-corrected chi connectivity index (χ4v) is 4.39. The van der Waals surface area contributed by atoms with Crippen LogP contribution in [0.1, 0.15) is 23.6 Å². The average molecular weight is 510 g/mol. The molecule has 0 fully saturated rings. The van der Waals surface area contributed by atoms with Crippen molar-refractivity contribution >= 4 is 11.4 Å². The number of fused-ring (bicyclic) bond motifs is 1. The number of para-hydroxylation sites is 2. The van der Waals surface area contributed by atoms with Gasteiger partial charge in [-0.1, -0.05) is 36.4 Å². The first-order valence-electron chi connectivity index (χ1n) is 11.2. The van der Waals surface area contributed by atoms with Crippen LogP contribution in [0.4, 0.5) is 37.7 Å². The van der Waals surface area contributed by atoms with Crippen LogP contribution in [0.25, 0.3) is 0 Å². The van der Waals surface area contributed by atoms with Gasteiger partial charge in [-0.15, -0.1) is 13.2 Å². The molecule has 3 aromatic rings. The molecule has 4 rings (SSSR count). The van der Waals surface area contributed by atoms with Crippen molar-refractivity contribution in [2.75, 3.05) is 30.0 Å². The third-order valence-corrected chi connectivity index (χ3v) is 5.94. The summed E-state index contributed by atoms with van der Waals surface area (Å²) in [6.45, 7) is 0.331. The van der Waals surface area contributed by atoms with Crippen molar-refractivity contribution < 1.29 is 35.8 Å². The molecule has 0 aliphatic carbocycles. The van der Waals surface area contributed by atoms with E-state index in [9.17, 15) is 26.3 Å². The molecule has 1 atom stereocenters. The average Bonchev–Trinajstić information content (AvgIpc) is 2.82. The second kappa shape index (κ2) is 10.2. The van der Waals surface area contributed by atoms with Crippen molar-refractivity contribution in [3.63, 3.8) is 0 Å². The second-order valence-corrected chi connectivity index (χ2v) is 8.41. The minimum absolute atomic E-state index is 0.236. The zero-order chi connectivity index (χ0) is 25.9. The number of hydrogen-bond donors (Lipinski definition) is 0. The number of anilines is 2. The van der Waals surface area contributed by atoms with Gasteiger partial charge in [0.05, 0.1) is 30.9 Å². The highest BCUT2D eigenvalue weighted by Crippen LogP contribution is 2.42. The summed E-state index contributed by atoms with van der Waals surface area (Å²) in [5.41, 5.74) is 2.69. The Balaban J connectivity index is 1.69. The van der Waals surface area contributed by atoms with E-state index >= 15 is 0 Å². The van der Waals surface area contributed by atoms with Crippen LogP contribution in [0.2, 0.25) is 0 Å². The van der Waals surface area contributed by atoms with Crippen molar-refractivity contribution in [1.29, 1.82) is 0 Å². The number of nitrogens with zero attached hydrogens (tertiary/aromatic N) is 2. The Hall–Kier alpha value is -3.56. The van der Waals surface area contributed by atoms with Gasteiger partial charge in [-0.3, -0.25) is 0 Å². The van der Waals surface area contributed by atoms with Crippen molar-refractivity contribution in [2.24, 2.45) is 0 Å².